The monoisotopic (exact) mass is 357 g/mol. The minimum Gasteiger partial charge on any atom is -0.379 e. The standard InChI is InChI=1S/C16H24FN3O3S/c17-15-5-3-14(4-6-15)12-19-7-1-2-16(13-19)18-24(21,22)20-8-10-23-11-9-20/h3-6,16,18H,1-2,7-13H2/t16-/m0/s1. The number of benzene rings is 1. The van der Waals surface area contributed by atoms with Crippen LogP contribution in [0.5, 0.6) is 0 Å². The van der Waals surface area contributed by atoms with E-state index >= 15 is 0 Å². The molecule has 0 bridgehead atoms. The lowest BCUT2D eigenvalue weighted by atomic mass is 10.1. The van der Waals surface area contributed by atoms with Crippen molar-refractivity contribution >= 4 is 10.2 Å². The Morgan fingerprint density at radius 2 is 1.88 bits per heavy atom. The van der Waals surface area contributed by atoms with Crippen molar-refractivity contribution < 1.29 is 17.5 Å². The maximum absolute atomic E-state index is 13.0. The number of nitrogens with zero attached hydrogens (tertiary/aromatic N) is 2. The van der Waals surface area contributed by atoms with Crippen LogP contribution in [0.4, 0.5) is 4.39 Å². The smallest absolute Gasteiger partial charge is 0.279 e. The van der Waals surface area contributed by atoms with Gasteiger partial charge < -0.3 is 4.74 Å². The van der Waals surface area contributed by atoms with Crippen LogP contribution in [0.2, 0.25) is 0 Å². The summed E-state index contributed by atoms with van der Waals surface area (Å²) in [5.74, 6) is -0.242. The normalized spacial score (nSPS) is 24.1. The van der Waals surface area contributed by atoms with Crippen molar-refractivity contribution in [2.45, 2.75) is 25.4 Å². The molecular weight excluding hydrogens is 333 g/mol. The van der Waals surface area contributed by atoms with Gasteiger partial charge in [0.25, 0.3) is 10.2 Å². The third-order valence-corrected chi connectivity index (χ3v) is 6.13. The van der Waals surface area contributed by atoms with Crippen LogP contribution >= 0.6 is 0 Å². The third-order valence-electron chi connectivity index (χ3n) is 4.45. The highest BCUT2D eigenvalue weighted by molar-refractivity contribution is 7.87. The molecule has 0 amide bonds. The molecule has 24 heavy (non-hydrogen) atoms. The fourth-order valence-electron chi connectivity index (χ4n) is 3.22. The fourth-order valence-corrected chi connectivity index (χ4v) is 4.61. The van der Waals surface area contributed by atoms with E-state index in [2.05, 4.69) is 9.62 Å². The molecule has 0 aliphatic carbocycles. The number of morpholine rings is 1. The average molecular weight is 357 g/mol. The molecule has 2 aliphatic heterocycles. The predicted octanol–water partition coefficient (Wildman–Crippen LogP) is 0.957. The molecule has 1 atom stereocenters. The molecule has 0 aromatic heterocycles. The number of nitrogens with one attached hydrogen (secondary N) is 1. The topological polar surface area (TPSA) is 61.9 Å². The van der Waals surface area contributed by atoms with Crippen LogP contribution in [0.3, 0.4) is 0 Å². The number of hydrogen-bond acceptors (Lipinski definition) is 4. The second-order valence-electron chi connectivity index (χ2n) is 6.34. The van der Waals surface area contributed by atoms with Crippen LogP contribution in [-0.2, 0) is 21.5 Å². The Hall–Kier alpha value is -1.06. The summed E-state index contributed by atoms with van der Waals surface area (Å²) >= 11 is 0. The number of hydrogen-bond donors (Lipinski definition) is 1. The van der Waals surface area contributed by atoms with Crippen LogP contribution < -0.4 is 4.72 Å². The number of ether oxygens (including phenoxy) is 1. The Balaban J connectivity index is 1.55. The molecule has 0 radical (unpaired) electrons. The van der Waals surface area contributed by atoms with Crippen molar-refractivity contribution in [3.05, 3.63) is 35.6 Å². The summed E-state index contributed by atoms with van der Waals surface area (Å²) in [7, 11) is -3.46. The highest BCUT2D eigenvalue weighted by atomic mass is 32.2. The summed E-state index contributed by atoms with van der Waals surface area (Å²) in [6.45, 7) is 4.00. The summed E-state index contributed by atoms with van der Waals surface area (Å²) in [5.41, 5.74) is 1.04. The number of rotatable bonds is 5. The zero-order chi connectivity index (χ0) is 17.0. The molecule has 8 heteroatoms. The van der Waals surface area contributed by atoms with Gasteiger partial charge in [-0.15, -0.1) is 0 Å². The van der Waals surface area contributed by atoms with E-state index in [1.807, 2.05) is 0 Å². The zero-order valence-corrected chi connectivity index (χ0v) is 14.5. The first-order valence-electron chi connectivity index (χ1n) is 8.35. The third kappa shape index (κ3) is 4.73. The van der Waals surface area contributed by atoms with Crippen molar-refractivity contribution in [1.82, 2.24) is 13.9 Å². The van der Waals surface area contributed by atoms with E-state index in [-0.39, 0.29) is 11.9 Å². The van der Waals surface area contributed by atoms with Crippen molar-refractivity contribution in [3.8, 4) is 0 Å². The van der Waals surface area contributed by atoms with Gasteiger partial charge in [-0.1, -0.05) is 12.1 Å². The van der Waals surface area contributed by atoms with Crippen LogP contribution in [0.1, 0.15) is 18.4 Å². The Labute approximate surface area is 142 Å². The van der Waals surface area contributed by atoms with Crippen molar-refractivity contribution in [2.75, 3.05) is 39.4 Å². The Bertz CT molecular complexity index is 632. The van der Waals surface area contributed by atoms with Gasteiger partial charge in [0, 0.05) is 32.2 Å². The van der Waals surface area contributed by atoms with Gasteiger partial charge in [0.15, 0.2) is 0 Å². The molecule has 1 N–H and O–H groups in total. The van der Waals surface area contributed by atoms with E-state index in [4.69, 9.17) is 4.74 Å². The lowest BCUT2D eigenvalue weighted by Crippen LogP contribution is -2.53. The molecule has 0 saturated carbocycles. The lowest BCUT2D eigenvalue weighted by Gasteiger charge is -2.35. The predicted molar refractivity (Wildman–Crippen MR) is 89.1 cm³/mol. The minimum atomic E-state index is -3.46. The lowest BCUT2D eigenvalue weighted by molar-refractivity contribution is 0.0719. The molecule has 3 rings (SSSR count). The summed E-state index contributed by atoms with van der Waals surface area (Å²) in [6.07, 6.45) is 1.78. The van der Waals surface area contributed by atoms with Gasteiger partial charge in [0.1, 0.15) is 5.82 Å². The average Bonchev–Trinajstić information content (AvgIpc) is 2.58. The second kappa shape index (κ2) is 7.88. The van der Waals surface area contributed by atoms with Crippen LogP contribution in [-0.4, -0.2) is 63.1 Å². The van der Waals surface area contributed by atoms with Crippen LogP contribution in [0, 0.1) is 5.82 Å². The van der Waals surface area contributed by atoms with Gasteiger partial charge in [-0.05, 0) is 37.1 Å². The fraction of sp³-hybridized carbons (Fsp3) is 0.625. The molecule has 2 fully saturated rings. The first kappa shape index (κ1) is 17.8. The molecule has 6 nitrogen and oxygen atoms in total. The molecule has 2 aliphatic rings. The van der Waals surface area contributed by atoms with Crippen LogP contribution in [0.25, 0.3) is 0 Å². The molecule has 134 valence electrons. The highest BCUT2D eigenvalue weighted by Crippen LogP contribution is 2.16. The van der Waals surface area contributed by atoms with E-state index in [9.17, 15) is 12.8 Å². The first-order chi connectivity index (χ1) is 11.5. The first-order valence-corrected chi connectivity index (χ1v) is 9.79. The maximum atomic E-state index is 13.0. The van der Waals surface area contributed by atoms with Crippen LogP contribution in [0.15, 0.2) is 24.3 Å². The maximum Gasteiger partial charge on any atom is 0.279 e. The van der Waals surface area contributed by atoms with Crippen molar-refractivity contribution in [2.24, 2.45) is 0 Å². The van der Waals surface area contributed by atoms with Gasteiger partial charge >= 0.3 is 0 Å². The van der Waals surface area contributed by atoms with Gasteiger partial charge in [0.2, 0.25) is 0 Å². The molecule has 0 unspecified atom stereocenters. The van der Waals surface area contributed by atoms with E-state index < -0.39 is 10.2 Å². The number of piperidine rings is 1. The molecular formula is C16H24FN3O3S. The van der Waals surface area contributed by atoms with E-state index in [0.29, 0.717) is 39.4 Å². The Kier molecular flexibility index (Phi) is 5.83. The largest absolute Gasteiger partial charge is 0.379 e. The van der Waals surface area contributed by atoms with Gasteiger partial charge in [0.05, 0.1) is 13.2 Å². The number of likely N-dealkylation sites (tertiary alicyclic amines) is 1. The SMILES string of the molecule is O=S(=O)(N[C@H]1CCCN(Cc2ccc(F)cc2)C1)N1CCOCC1. The van der Waals surface area contributed by atoms with Gasteiger partial charge in [-0.25, -0.2) is 4.39 Å². The molecule has 2 saturated heterocycles. The molecule has 1 aromatic rings. The van der Waals surface area contributed by atoms with E-state index in [0.717, 1.165) is 24.9 Å². The molecule has 0 spiro atoms. The highest BCUT2D eigenvalue weighted by Gasteiger charge is 2.29. The molecule has 1 aromatic carbocycles. The van der Waals surface area contributed by atoms with Crippen molar-refractivity contribution in [3.63, 3.8) is 0 Å². The summed E-state index contributed by atoms with van der Waals surface area (Å²) < 4.78 is 47.4. The summed E-state index contributed by atoms with van der Waals surface area (Å²) in [5, 5.41) is 0. The summed E-state index contributed by atoms with van der Waals surface area (Å²) in [4.78, 5) is 2.21. The van der Waals surface area contributed by atoms with Crippen molar-refractivity contribution in [1.29, 1.82) is 0 Å². The molecule has 2 heterocycles. The van der Waals surface area contributed by atoms with E-state index in [1.54, 1.807) is 12.1 Å². The summed E-state index contributed by atoms with van der Waals surface area (Å²) in [6, 6.07) is 6.37. The minimum absolute atomic E-state index is 0.0907. The Morgan fingerprint density at radius 1 is 1.17 bits per heavy atom. The number of halogens is 1. The van der Waals surface area contributed by atoms with E-state index in [1.165, 1.54) is 16.4 Å². The van der Waals surface area contributed by atoms with Gasteiger partial charge in [-0.3, -0.25) is 4.90 Å². The second-order valence-corrected chi connectivity index (χ2v) is 8.04. The van der Waals surface area contributed by atoms with Gasteiger partial charge in [-0.2, -0.15) is 17.4 Å². The Morgan fingerprint density at radius 3 is 2.58 bits per heavy atom. The zero-order valence-electron chi connectivity index (χ0n) is 13.7. The quantitative estimate of drug-likeness (QED) is 0.853.